The molecule has 0 bridgehead atoms. The van der Waals surface area contributed by atoms with Gasteiger partial charge in [-0.05, 0) is 64.7 Å². The second-order valence-electron chi connectivity index (χ2n) is 12.2. The van der Waals surface area contributed by atoms with Gasteiger partial charge in [-0.1, -0.05) is 84.9 Å². The van der Waals surface area contributed by atoms with E-state index in [1.165, 1.54) is 5.69 Å². The fourth-order valence-electron chi connectivity index (χ4n) is 6.02. The molecule has 0 radical (unpaired) electrons. The summed E-state index contributed by atoms with van der Waals surface area (Å²) in [6, 6.07) is 40.5. The summed E-state index contributed by atoms with van der Waals surface area (Å²) in [6.07, 6.45) is 0.893. The van der Waals surface area contributed by atoms with E-state index in [0.29, 0.717) is 42.4 Å². The number of hydrogen-bond acceptors (Lipinski definition) is 7. The van der Waals surface area contributed by atoms with Crippen molar-refractivity contribution in [2.75, 3.05) is 36.0 Å². The van der Waals surface area contributed by atoms with Gasteiger partial charge in [-0.3, -0.25) is 19.8 Å². The van der Waals surface area contributed by atoms with Gasteiger partial charge in [0.15, 0.2) is 5.75 Å². The van der Waals surface area contributed by atoms with E-state index >= 15 is 0 Å². The van der Waals surface area contributed by atoms with Crippen molar-refractivity contribution in [3.05, 3.63) is 144 Å². The maximum absolute atomic E-state index is 14.0. The van der Waals surface area contributed by atoms with E-state index in [4.69, 9.17) is 10.5 Å². The molecule has 1 aliphatic heterocycles. The molecule has 0 aliphatic carbocycles. The summed E-state index contributed by atoms with van der Waals surface area (Å²) >= 11 is 0. The summed E-state index contributed by atoms with van der Waals surface area (Å²) < 4.78 is 6.32. The number of hydrazine groups is 1. The molecule has 6 rings (SSSR count). The van der Waals surface area contributed by atoms with E-state index in [1.54, 1.807) is 11.0 Å². The number of benzene rings is 5. The number of carbonyl (C=O) groups excluding carboxylic acids is 3. The van der Waals surface area contributed by atoms with Gasteiger partial charge in [0.1, 0.15) is 12.0 Å². The summed E-state index contributed by atoms with van der Waals surface area (Å²) in [7, 11) is 0. The molecule has 0 saturated carbocycles. The van der Waals surface area contributed by atoms with Crippen molar-refractivity contribution in [1.82, 2.24) is 10.4 Å². The maximum atomic E-state index is 14.0. The number of hydrogen-bond donors (Lipinski definition) is 2. The zero-order valence-corrected chi connectivity index (χ0v) is 27.9. The van der Waals surface area contributed by atoms with Crippen LogP contribution in [0.2, 0.25) is 0 Å². The second-order valence-corrected chi connectivity index (χ2v) is 12.2. The fourth-order valence-corrected chi connectivity index (χ4v) is 6.02. The molecule has 254 valence electrons. The molecule has 2 amide bonds. The Labute approximate surface area is 292 Å². The van der Waals surface area contributed by atoms with Gasteiger partial charge < -0.3 is 20.3 Å². The number of rotatable bonds is 13. The predicted octanol–water partition coefficient (Wildman–Crippen LogP) is 6.58. The van der Waals surface area contributed by atoms with Gasteiger partial charge in [0, 0.05) is 56.8 Å². The third-order valence-electron chi connectivity index (χ3n) is 8.72. The van der Waals surface area contributed by atoms with Crippen LogP contribution in [0.4, 0.5) is 11.4 Å². The Bertz CT molecular complexity index is 1910. The molecule has 0 unspecified atom stereocenters. The summed E-state index contributed by atoms with van der Waals surface area (Å²) in [5, 5.41) is 1.93. The van der Waals surface area contributed by atoms with Crippen molar-refractivity contribution in [1.29, 1.82) is 0 Å². The fraction of sp³-hybridized carbons (Fsp3) is 0.195. The first-order valence-corrected chi connectivity index (χ1v) is 16.8. The van der Waals surface area contributed by atoms with E-state index in [9.17, 15) is 14.4 Å². The van der Waals surface area contributed by atoms with Gasteiger partial charge in [0.05, 0.1) is 12.2 Å². The molecular formula is C41H41N5O4. The quantitative estimate of drug-likeness (QED) is 0.137. The van der Waals surface area contributed by atoms with Crippen LogP contribution in [0.1, 0.15) is 34.3 Å². The highest BCUT2D eigenvalue weighted by Crippen LogP contribution is 2.34. The number of aldehydes is 1. The largest absolute Gasteiger partial charge is 0.455 e. The third kappa shape index (κ3) is 8.82. The van der Waals surface area contributed by atoms with Crippen LogP contribution in [0.5, 0.6) is 11.5 Å². The van der Waals surface area contributed by atoms with Crippen molar-refractivity contribution in [3.8, 4) is 22.6 Å². The minimum atomic E-state index is -0.205. The van der Waals surface area contributed by atoms with Crippen LogP contribution in [-0.4, -0.2) is 49.3 Å². The topological polar surface area (TPSA) is 108 Å². The molecule has 5 aromatic rings. The molecule has 1 fully saturated rings. The first-order chi connectivity index (χ1) is 24.5. The van der Waals surface area contributed by atoms with E-state index in [0.717, 1.165) is 41.6 Å². The summed E-state index contributed by atoms with van der Waals surface area (Å²) in [5.41, 5.74) is 14.9. The molecule has 0 aromatic heterocycles. The van der Waals surface area contributed by atoms with Gasteiger partial charge >= 0.3 is 0 Å². The van der Waals surface area contributed by atoms with Gasteiger partial charge in [0.2, 0.25) is 11.8 Å². The highest BCUT2D eigenvalue weighted by molar-refractivity contribution is 5.96. The SMILES string of the molecule is NCc1cccc(Oc2ccccc2N(Cc2ccc(-c3cccc(C=O)c3)cc2)C(=O)CCC(=O)NN2CCN(c3ccccc3)CC2)c1. The lowest BCUT2D eigenvalue weighted by molar-refractivity contribution is -0.128. The normalized spacial score (nSPS) is 13.0. The van der Waals surface area contributed by atoms with E-state index in [-0.39, 0.29) is 31.2 Å². The van der Waals surface area contributed by atoms with Crippen molar-refractivity contribution >= 4 is 29.5 Å². The Hall–Kier alpha value is -5.77. The minimum Gasteiger partial charge on any atom is -0.455 e. The van der Waals surface area contributed by atoms with Crippen molar-refractivity contribution < 1.29 is 19.1 Å². The summed E-state index contributed by atoms with van der Waals surface area (Å²) in [4.78, 5) is 42.4. The number of ether oxygens (including phenoxy) is 1. The molecule has 0 atom stereocenters. The third-order valence-corrected chi connectivity index (χ3v) is 8.72. The Morgan fingerprint density at radius 2 is 1.48 bits per heavy atom. The Kier molecular flexibility index (Phi) is 11.3. The van der Waals surface area contributed by atoms with Crippen LogP contribution in [0, 0.1) is 0 Å². The number of nitrogens with two attached hydrogens (primary N) is 1. The second kappa shape index (κ2) is 16.6. The summed E-state index contributed by atoms with van der Waals surface area (Å²) in [6.45, 7) is 3.61. The molecular weight excluding hydrogens is 626 g/mol. The number of para-hydroxylation sites is 3. The van der Waals surface area contributed by atoms with Crippen molar-refractivity contribution in [2.45, 2.75) is 25.9 Å². The number of amides is 2. The van der Waals surface area contributed by atoms with Crippen molar-refractivity contribution in [3.63, 3.8) is 0 Å². The lowest BCUT2D eigenvalue weighted by Gasteiger charge is -2.36. The average molecular weight is 668 g/mol. The van der Waals surface area contributed by atoms with Crippen LogP contribution in [-0.2, 0) is 22.7 Å². The average Bonchev–Trinajstić information content (AvgIpc) is 3.17. The maximum Gasteiger partial charge on any atom is 0.234 e. The monoisotopic (exact) mass is 667 g/mol. The smallest absolute Gasteiger partial charge is 0.234 e. The van der Waals surface area contributed by atoms with Gasteiger partial charge in [-0.2, -0.15) is 0 Å². The molecule has 50 heavy (non-hydrogen) atoms. The van der Waals surface area contributed by atoms with Crippen LogP contribution >= 0.6 is 0 Å². The Balaban J connectivity index is 1.16. The van der Waals surface area contributed by atoms with E-state index in [1.807, 2.05) is 114 Å². The number of nitrogens with zero attached hydrogens (tertiary/aromatic N) is 3. The Morgan fingerprint density at radius 1 is 0.740 bits per heavy atom. The first kappa shape index (κ1) is 34.1. The highest BCUT2D eigenvalue weighted by atomic mass is 16.5. The molecule has 9 nitrogen and oxygen atoms in total. The summed E-state index contributed by atoms with van der Waals surface area (Å²) in [5.74, 6) is 0.722. The molecule has 1 aliphatic rings. The van der Waals surface area contributed by atoms with Crippen molar-refractivity contribution in [2.24, 2.45) is 5.73 Å². The van der Waals surface area contributed by atoms with E-state index in [2.05, 4.69) is 22.5 Å². The number of nitrogens with one attached hydrogen (secondary N) is 1. The minimum absolute atomic E-state index is 0.0172. The van der Waals surface area contributed by atoms with Crippen LogP contribution in [0.3, 0.4) is 0 Å². The van der Waals surface area contributed by atoms with Gasteiger partial charge in [-0.15, -0.1) is 0 Å². The number of carbonyl (C=O) groups is 3. The molecule has 0 spiro atoms. The van der Waals surface area contributed by atoms with E-state index < -0.39 is 0 Å². The number of piperazine rings is 1. The zero-order chi connectivity index (χ0) is 34.7. The Morgan fingerprint density at radius 3 is 2.24 bits per heavy atom. The van der Waals surface area contributed by atoms with Crippen LogP contribution in [0.25, 0.3) is 11.1 Å². The highest BCUT2D eigenvalue weighted by Gasteiger charge is 2.23. The molecule has 9 heteroatoms. The number of anilines is 2. The standard InChI is InChI=1S/C41H41N5O4/c42-28-32-8-7-13-37(27-32)50-39-15-5-4-14-38(39)46(29-31-16-18-34(19-17-31)35-10-6-9-33(26-35)30-47)41(49)21-20-40(48)43-45-24-22-44(23-25-45)36-11-2-1-3-12-36/h1-19,26-27,30H,20-25,28-29,42H2,(H,43,48). The lowest BCUT2D eigenvalue weighted by Crippen LogP contribution is -2.53. The molecule has 3 N–H and O–H groups in total. The van der Waals surface area contributed by atoms with Gasteiger partial charge in [-0.25, -0.2) is 5.01 Å². The van der Waals surface area contributed by atoms with Crippen LogP contribution < -0.4 is 25.7 Å². The van der Waals surface area contributed by atoms with Crippen LogP contribution in [0.15, 0.2) is 127 Å². The van der Waals surface area contributed by atoms with Gasteiger partial charge in [0.25, 0.3) is 0 Å². The first-order valence-electron chi connectivity index (χ1n) is 16.8. The zero-order valence-electron chi connectivity index (χ0n) is 27.9. The molecule has 1 heterocycles. The predicted molar refractivity (Wildman–Crippen MR) is 197 cm³/mol. The molecule has 1 saturated heterocycles. The lowest BCUT2D eigenvalue weighted by atomic mass is 10.0. The molecule has 5 aromatic carbocycles.